The molecule has 0 unspecified atom stereocenters. The lowest BCUT2D eigenvalue weighted by molar-refractivity contribution is -0.123. The molecule has 0 radical (unpaired) electrons. The number of nitrogens with zero attached hydrogens (tertiary/aromatic N) is 1. The molecule has 1 rings (SSSR count). The van der Waals surface area contributed by atoms with Crippen LogP contribution in [0.2, 0.25) is 0 Å². The van der Waals surface area contributed by atoms with Crippen molar-refractivity contribution >= 4 is 23.7 Å². The molecular formula is C14H19N3O3. The SMILES string of the molecule is CC(=O)Nc1ccc(OCC(=O)N/N=C/C(C)C)cc1. The minimum atomic E-state index is -0.326. The number of rotatable bonds is 6. The van der Waals surface area contributed by atoms with Crippen molar-refractivity contribution in [2.75, 3.05) is 11.9 Å². The number of hydrazone groups is 1. The molecule has 0 atom stereocenters. The van der Waals surface area contributed by atoms with E-state index in [2.05, 4.69) is 15.8 Å². The second-order valence-electron chi connectivity index (χ2n) is 4.55. The zero-order chi connectivity index (χ0) is 15.0. The van der Waals surface area contributed by atoms with Crippen LogP contribution in [0.15, 0.2) is 29.4 Å². The van der Waals surface area contributed by atoms with Crippen LogP contribution in [0.25, 0.3) is 0 Å². The molecule has 0 saturated carbocycles. The highest BCUT2D eigenvalue weighted by atomic mass is 16.5. The highest BCUT2D eigenvalue weighted by molar-refractivity contribution is 5.88. The molecule has 0 aliphatic heterocycles. The lowest BCUT2D eigenvalue weighted by Gasteiger charge is -2.06. The van der Waals surface area contributed by atoms with Crippen molar-refractivity contribution in [3.05, 3.63) is 24.3 Å². The Balaban J connectivity index is 2.38. The number of amides is 2. The lowest BCUT2D eigenvalue weighted by atomic mass is 10.3. The molecule has 1 aromatic rings. The van der Waals surface area contributed by atoms with Crippen LogP contribution in [-0.4, -0.2) is 24.6 Å². The molecule has 0 aliphatic carbocycles. The summed E-state index contributed by atoms with van der Waals surface area (Å²) in [6.07, 6.45) is 1.64. The van der Waals surface area contributed by atoms with Gasteiger partial charge in [0.2, 0.25) is 5.91 Å². The first-order valence-electron chi connectivity index (χ1n) is 6.30. The van der Waals surface area contributed by atoms with Crippen molar-refractivity contribution in [2.45, 2.75) is 20.8 Å². The molecule has 0 heterocycles. The summed E-state index contributed by atoms with van der Waals surface area (Å²) in [7, 11) is 0. The summed E-state index contributed by atoms with van der Waals surface area (Å²) < 4.78 is 5.29. The average Bonchev–Trinajstić information content (AvgIpc) is 2.37. The molecule has 20 heavy (non-hydrogen) atoms. The monoisotopic (exact) mass is 277 g/mol. The Morgan fingerprint density at radius 1 is 1.30 bits per heavy atom. The maximum atomic E-state index is 11.4. The molecule has 0 fully saturated rings. The summed E-state index contributed by atoms with van der Waals surface area (Å²) in [5, 5.41) is 6.42. The summed E-state index contributed by atoms with van der Waals surface area (Å²) in [6, 6.07) is 6.75. The molecule has 2 amide bonds. The number of anilines is 1. The maximum absolute atomic E-state index is 11.4. The lowest BCUT2D eigenvalue weighted by Crippen LogP contribution is -2.24. The summed E-state index contributed by atoms with van der Waals surface area (Å²) in [5.74, 6) is 0.355. The van der Waals surface area contributed by atoms with Crippen molar-refractivity contribution < 1.29 is 14.3 Å². The van der Waals surface area contributed by atoms with Gasteiger partial charge < -0.3 is 10.1 Å². The summed E-state index contributed by atoms with van der Waals surface area (Å²) in [4.78, 5) is 22.3. The van der Waals surface area contributed by atoms with E-state index in [0.29, 0.717) is 11.4 Å². The molecule has 0 aromatic heterocycles. The van der Waals surface area contributed by atoms with Crippen LogP contribution in [-0.2, 0) is 9.59 Å². The third-order valence-electron chi connectivity index (χ3n) is 2.11. The van der Waals surface area contributed by atoms with Gasteiger partial charge in [-0.05, 0) is 30.2 Å². The molecule has 0 spiro atoms. The molecular weight excluding hydrogens is 258 g/mol. The minimum Gasteiger partial charge on any atom is -0.484 e. The van der Waals surface area contributed by atoms with Gasteiger partial charge in [0, 0.05) is 18.8 Å². The Labute approximate surface area is 118 Å². The number of carbonyl (C=O) groups is 2. The first-order valence-corrected chi connectivity index (χ1v) is 6.30. The van der Waals surface area contributed by atoms with Gasteiger partial charge in [0.05, 0.1) is 0 Å². The number of carbonyl (C=O) groups excluding carboxylic acids is 2. The van der Waals surface area contributed by atoms with E-state index in [1.54, 1.807) is 30.5 Å². The van der Waals surface area contributed by atoms with Crippen LogP contribution in [0, 0.1) is 5.92 Å². The van der Waals surface area contributed by atoms with E-state index in [1.165, 1.54) is 6.92 Å². The van der Waals surface area contributed by atoms with Gasteiger partial charge in [-0.3, -0.25) is 9.59 Å². The molecule has 6 heteroatoms. The second-order valence-corrected chi connectivity index (χ2v) is 4.55. The predicted molar refractivity (Wildman–Crippen MR) is 77.7 cm³/mol. The Morgan fingerprint density at radius 3 is 2.50 bits per heavy atom. The van der Waals surface area contributed by atoms with Crippen molar-refractivity contribution in [1.29, 1.82) is 0 Å². The van der Waals surface area contributed by atoms with E-state index in [1.807, 2.05) is 13.8 Å². The topological polar surface area (TPSA) is 79.8 Å². The van der Waals surface area contributed by atoms with Crippen LogP contribution >= 0.6 is 0 Å². The van der Waals surface area contributed by atoms with Crippen LogP contribution in [0.1, 0.15) is 20.8 Å². The molecule has 1 aromatic carbocycles. The van der Waals surface area contributed by atoms with E-state index in [9.17, 15) is 9.59 Å². The Kier molecular flexibility index (Phi) is 6.22. The average molecular weight is 277 g/mol. The second kappa shape index (κ2) is 7.93. The van der Waals surface area contributed by atoms with E-state index in [4.69, 9.17) is 4.74 Å². The quantitative estimate of drug-likeness (QED) is 0.614. The van der Waals surface area contributed by atoms with Crippen LogP contribution in [0.4, 0.5) is 5.69 Å². The number of nitrogens with one attached hydrogen (secondary N) is 2. The van der Waals surface area contributed by atoms with Crippen molar-refractivity contribution in [2.24, 2.45) is 11.0 Å². The van der Waals surface area contributed by atoms with Crippen molar-refractivity contribution in [3.63, 3.8) is 0 Å². The Bertz CT molecular complexity index is 481. The van der Waals surface area contributed by atoms with E-state index in [0.717, 1.165) is 0 Å². The predicted octanol–water partition coefficient (Wildman–Crippen LogP) is 1.78. The highest BCUT2D eigenvalue weighted by Gasteiger charge is 2.02. The maximum Gasteiger partial charge on any atom is 0.277 e. The van der Waals surface area contributed by atoms with Gasteiger partial charge in [-0.1, -0.05) is 13.8 Å². The molecule has 6 nitrogen and oxygen atoms in total. The zero-order valence-electron chi connectivity index (χ0n) is 11.8. The number of ether oxygens (including phenoxy) is 1. The summed E-state index contributed by atoms with van der Waals surface area (Å²) >= 11 is 0. The third-order valence-corrected chi connectivity index (χ3v) is 2.11. The van der Waals surface area contributed by atoms with E-state index >= 15 is 0 Å². The summed E-state index contributed by atoms with van der Waals surface area (Å²) in [6.45, 7) is 5.24. The standard InChI is InChI=1S/C14H19N3O3/c1-10(2)8-15-17-14(19)9-20-13-6-4-12(5-7-13)16-11(3)18/h4-8,10H,9H2,1-3H3,(H,16,18)(H,17,19)/b15-8+. The third kappa shape index (κ3) is 6.53. The molecule has 2 N–H and O–H groups in total. The molecule has 0 saturated heterocycles. The van der Waals surface area contributed by atoms with Crippen molar-refractivity contribution in [3.8, 4) is 5.75 Å². The first-order chi connectivity index (χ1) is 9.47. The minimum absolute atomic E-state index is 0.116. The fourth-order valence-electron chi connectivity index (χ4n) is 1.28. The van der Waals surface area contributed by atoms with Gasteiger partial charge in [0.25, 0.3) is 5.91 Å². The van der Waals surface area contributed by atoms with Gasteiger partial charge in [-0.25, -0.2) is 5.43 Å². The normalized spacial score (nSPS) is 10.6. The van der Waals surface area contributed by atoms with E-state index in [-0.39, 0.29) is 24.3 Å². The highest BCUT2D eigenvalue weighted by Crippen LogP contribution is 2.15. The van der Waals surface area contributed by atoms with Crippen LogP contribution in [0.5, 0.6) is 5.75 Å². The largest absolute Gasteiger partial charge is 0.484 e. The zero-order valence-corrected chi connectivity index (χ0v) is 11.8. The van der Waals surface area contributed by atoms with Gasteiger partial charge >= 0.3 is 0 Å². The first kappa shape index (κ1) is 15.7. The van der Waals surface area contributed by atoms with Gasteiger partial charge in [0.1, 0.15) is 5.75 Å². The molecule has 0 bridgehead atoms. The number of benzene rings is 1. The smallest absolute Gasteiger partial charge is 0.277 e. The van der Waals surface area contributed by atoms with Gasteiger partial charge in [0.15, 0.2) is 6.61 Å². The van der Waals surface area contributed by atoms with Crippen molar-refractivity contribution in [1.82, 2.24) is 5.43 Å². The van der Waals surface area contributed by atoms with Crippen LogP contribution < -0.4 is 15.5 Å². The Morgan fingerprint density at radius 2 is 1.95 bits per heavy atom. The van der Waals surface area contributed by atoms with Gasteiger partial charge in [-0.2, -0.15) is 5.10 Å². The fraction of sp³-hybridized carbons (Fsp3) is 0.357. The summed E-state index contributed by atoms with van der Waals surface area (Å²) in [5.41, 5.74) is 3.05. The molecule has 0 aliphatic rings. The molecule has 108 valence electrons. The Hall–Kier alpha value is -2.37. The van der Waals surface area contributed by atoms with E-state index < -0.39 is 0 Å². The fourth-order valence-corrected chi connectivity index (χ4v) is 1.28. The van der Waals surface area contributed by atoms with Gasteiger partial charge in [-0.15, -0.1) is 0 Å². The van der Waals surface area contributed by atoms with Crippen LogP contribution in [0.3, 0.4) is 0 Å². The number of hydrogen-bond acceptors (Lipinski definition) is 4. The number of hydrogen-bond donors (Lipinski definition) is 2.